The third kappa shape index (κ3) is 3.39. The number of hydrogen-bond acceptors (Lipinski definition) is 5. The molecule has 1 unspecified atom stereocenters. The lowest BCUT2D eigenvalue weighted by atomic mass is 10.3. The highest BCUT2D eigenvalue weighted by Gasteiger charge is 2.24. The normalized spacial score (nSPS) is 11.9. The van der Waals surface area contributed by atoms with E-state index >= 15 is 0 Å². The second-order valence-corrected chi connectivity index (χ2v) is 3.27. The molecule has 98 valence electrons. The summed E-state index contributed by atoms with van der Waals surface area (Å²) in [7, 11) is 1.25. The number of ether oxygens (including phenoxy) is 2. The van der Waals surface area contributed by atoms with Gasteiger partial charge < -0.3 is 14.6 Å². The molecule has 7 nitrogen and oxygen atoms in total. The Kier molecular flexibility index (Phi) is 4.55. The number of carbonyl (C=O) groups is 1. The van der Waals surface area contributed by atoms with Crippen molar-refractivity contribution in [2.75, 3.05) is 13.7 Å². The Morgan fingerprint density at radius 3 is 2.78 bits per heavy atom. The van der Waals surface area contributed by atoms with Crippen molar-refractivity contribution in [3.8, 4) is 5.75 Å². The van der Waals surface area contributed by atoms with Gasteiger partial charge in [0.25, 0.3) is 0 Å². The van der Waals surface area contributed by atoms with Gasteiger partial charge in [0, 0.05) is 19.2 Å². The molecule has 0 aromatic heterocycles. The molecule has 0 saturated carbocycles. The average molecular weight is 259 g/mol. The quantitative estimate of drug-likeness (QED) is 0.609. The van der Waals surface area contributed by atoms with E-state index in [9.17, 15) is 19.3 Å². The molecule has 0 bridgehead atoms. The molecule has 0 radical (unpaired) electrons. The van der Waals surface area contributed by atoms with Crippen molar-refractivity contribution < 1.29 is 28.7 Å². The number of nitro benzene ring substituents is 1. The Hall–Kier alpha value is -2.22. The van der Waals surface area contributed by atoms with Gasteiger partial charge in [-0.1, -0.05) is 0 Å². The van der Waals surface area contributed by atoms with E-state index in [1.54, 1.807) is 0 Å². The van der Waals surface area contributed by atoms with E-state index in [0.717, 1.165) is 18.2 Å². The molecule has 0 aliphatic rings. The van der Waals surface area contributed by atoms with Gasteiger partial charge in [-0.25, -0.2) is 9.18 Å². The van der Waals surface area contributed by atoms with Crippen molar-refractivity contribution in [3.05, 3.63) is 34.1 Å². The van der Waals surface area contributed by atoms with Gasteiger partial charge in [0.15, 0.2) is 0 Å². The number of benzene rings is 1. The minimum absolute atomic E-state index is 0.316. The highest BCUT2D eigenvalue weighted by atomic mass is 19.1. The van der Waals surface area contributed by atoms with Crippen molar-refractivity contribution in [2.24, 2.45) is 0 Å². The first-order chi connectivity index (χ1) is 8.45. The third-order valence-electron chi connectivity index (χ3n) is 1.98. The van der Waals surface area contributed by atoms with E-state index in [4.69, 9.17) is 9.84 Å². The number of methoxy groups -OCH3 is 1. The SMILES string of the molecule is COCC(Oc1cc(F)ccc1[N+](=O)[O-])C(=O)O. The molecule has 1 rings (SSSR count). The van der Waals surface area contributed by atoms with E-state index in [0.29, 0.717) is 0 Å². The second kappa shape index (κ2) is 5.92. The molecular formula is C10H10FNO6. The van der Waals surface area contributed by atoms with Crippen LogP contribution in [0.25, 0.3) is 0 Å². The minimum atomic E-state index is -1.45. The van der Waals surface area contributed by atoms with Crippen LogP contribution in [0.1, 0.15) is 0 Å². The van der Waals surface area contributed by atoms with Crippen molar-refractivity contribution >= 4 is 11.7 Å². The molecule has 1 aromatic carbocycles. The molecule has 0 heterocycles. The monoisotopic (exact) mass is 259 g/mol. The number of halogens is 1. The summed E-state index contributed by atoms with van der Waals surface area (Å²) in [6, 6.07) is 2.54. The van der Waals surface area contributed by atoms with Gasteiger partial charge in [-0.2, -0.15) is 0 Å². The fourth-order valence-electron chi connectivity index (χ4n) is 1.19. The molecule has 0 aliphatic heterocycles. The maximum Gasteiger partial charge on any atom is 0.347 e. The van der Waals surface area contributed by atoms with Crippen LogP contribution in [0.2, 0.25) is 0 Å². The molecule has 0 spiro atoms. The smallest absolute Gasteiger partial charge is 0.347 e. The Morgan fingerprint density at radius 1 is 1.61 bits per heavy atom. The second-order valence-electron chi connectivity index (χ2n) is 3.27. The maximum atomic E-state index is 13.0. The van der Waals surface area contributed by atoms with Crippen LogP contribution in [0.4, 0.5) is 10.1 Å². The molecule has 18 heavy (non-hydrogen) atoms. The molecule has 0 fully saturated rings. The fraction of sp³-hybridized carbons (Fsp3) is 0.300. The summed E-state index contributed by atoms with van der Waals surface area (Å²) in [6.07, 6.45) is -1.45. The van der Waals surface area contributed by atoms with Crippen molar-refractivity contribution in [2.45, 2.75) is 6.10 Å². The largest absolute Gasteiger partial charge is 0.478 e. The Bertz CT molecular complexity index is 464. The van der Waals surface area contributed by atoms with Crippen LogP contribution in [-0.2, 0) is 9.53 Å². The standard InChI is InChI=1S/C10H10FNO6/c1-17-5-9(10(13)14)18-8-4-6(11)2-3-7(8)12(15)16/h2-4,9H,5H2,1H3,(H,13,14). The van der Waals surface area contributed by atoms with Crippen LogP contribution in [-0.4, -0.2) is 35.8 Å². The predicted octanol–water partition coefficient (Wildman–Crippen LogP) is 1.21. The van der Waals surface area contributed by atoms with Crippen LogP contribution in [0, 0.1) is 15.9 Å². The Labute approximate surface area is 101 Å². The zero-order valence-electron chi connectivity index (χ0n) is 9.33. The highest BCUT2D eigenvalue weighted by molar-refractivity contribution is 5.73. The van der Waals surface area contributed by atoms with Gasteiger partial charge in [0.2, 0.25) is 11.9 Å². The highest BCUT2D eigenvalue weighted by Crippen LogP contribution is 2.28. The van der Waals surface area contributed by atoms with Gasteiger partial charge in [0.1, 0.15) is 5.82 Å². The van der Waals surface area contributed by atoms with Crippen LogP contribution in [0.3, 0.4) is 0 Å². The number of nitro groups is 1. The van der Waals surface area contributed by atoms with E-state index in [1.807, 2.05) is 0 Å². The van der Waals surface area contributed by atoms with Gasteiger partial charge in [-0.15, -0.1) is 0 Å². The Morgan fingerprint density at radius 2 is 2.28 bits per heavy atom. The van der Waals surface area contributed by atoms with E-state index in [1.165, 1.54) is 7.11 Å². The first kappa shape index (κ1) is 13.8. The number of aliphatic carboxylic acids is 1. The third-order valence-corrected chi connectivity index (χ3v) is 1.98. The van der Waals surface area contributed by atoms with E-state index in [-0.39, 0.29) is 6.61 Å². The zero-order valence-corrected chi connectivity index (χ0v) is 9.33. The lowest BCUT2D eigenvalue weighted by molar-refractivity contribution is -0.386. The lowest BCUT2D eigenvalue weighted by Gasteiger charge is -2.14. The number of carboxylic acids is 1. The number of rotatable bonds is 6. The van der Waals surface area contributed by atoms with E-state index < -0.39 is 34.3 Å². The molecule has 1 N–H and O–H groups in total. The first-order valence-electron chi connectivity index (χ1n) is 4.78. The first-order valence-corrected chi connectivity index (χ1v) is 4.78. The molecule has 0 amide bonds. The van der Waals surface area contributed by atoms with Crippen molar-refractivity contribution in [1.82, 2.24) is 0 Å². The van der Waals surface area contributed by atoms with Crippen molar-refractivity contribution in [1.29, 1.82) is 0 Å². The molecule has 8 heteroatoms. The topological polar surface area (TPSA) is 98.9 Å². The van der Waals surface area contributed by atoms with Crippen LogP contribution < -0.4 is 4.74 Å². The van der Waals surface area contributed by atoms with Gasteiger partial charge in [0.05, 0.1) is 11.5 Å². The fourth-order valence-corrected chi connectivity index (χ4v) is 1.19. The summed E-state index contributed by atoms with van der Waals surface area (Å²) in [4.78, 5) is 20.7. The molecule has 1 aromatic rings. The minimum Gasteiger partial charge on any atom is -0.478 e. The van der Waals surface area contributed by atoms with Crippen LogP contribution in [0.15, 0.2) is 18.2 Å². The lowest BCUT2D eigenvalue weighted by Crippen LogP contribution is -2.31. The van der Waals surface area contributed by atoms with Crippen molar-refractivity contribution in [3.63, 3.8) is 0 Å². The summed E-state index contributed by atoms with van der Waals surface area (Å²) >= 11 is 0. The number of hydrogen-bond donors (Lipinski definition) is 1. The zero-order chi connectivity index (χ0) is 13.7. The summed E-state index contributed by atoms with van der Waals surface area (Å²) < 4.78 is 22.4. The van der Waals surface area contributed by atoms with Crippen LogP contribution in [0.5, 0.6) is 5.75 Å². The molecule has 0 saturated heterocycles. The maximum absolute atomic E-state index is 13.0. The summed E-state index contributed by atoms with van der Waals surface area (Å²) in [5.41, 5.74) is -0.515. The van der Waals surface area contributed by atoms with Gasteiger partial charge >= 0.3 is 11.7 Å². The summed E-state index contributed by atoms with van der Waals surface area (Å²) in [6.45, 7) is -0.316. The molecular weight excluding hydrogens is 249 g/mol. The molecule has 1 atom stereocenters. The van der Waals surface area contributed by atoms with Crippen LogP contribution >= 0.6 is 0 Å². The number of carboxylic acid groups (broad SMARTS) is 1. The van der Waals surface area contributed by atoms with Gasteiger partial charge in [-0.05, 0) is 6.07 Å². The summed E-state index contributed by atoms with van der Waals surface area (Å²) in [5, 5.41) is 19.5. The molecule has 0 aliphatic carbocycles. The summed E-state index contributed by atoms with van der Waals surface area (Å²) in [5.74, 6) is -2.59. The van der Waals surface area contributed by atoms with Gasteiger partial charge in [-0.3, -0.25) is 10.1 Å². The predicted molar refractivity (Wildman–Crippen MR) is 57.0 cm³/mol. The average Bonchev–Trinajstić information content (AvgIpc) is 2.28. The Balaban J connectivity index is 3.03. The number of nitrogens with zero attached hydrogens (tertiary/aromatic N) is 1. The van der Waals surface area contributed by atoms with E-state index in [2.05, 4.69) is 4.74 Å².